The van der Waals surface area contributed by atoms with Gasteiger partial charge in [0, 0.05) is 16.6 Å². The van der Waals surface area contributed by atoms with Crippen molar-refractivity contribution in [3.8, 4) is 0 Å². The molecule has 1 N–H and O–H groups in total. The van der Waals surface area contributed by atoms with Crippen molar-refractivity contribution in [2.24, 2.45) is 4.99 Å². The van der Waals surface area contributed by atoms with Crippen LogP contribution in [0, 0.1) is 6.92 Å². The minimum atomic E-state index is -3.70. The molecule has 2 aromatic rings. The summed E-state index contributed by atoms with van der Waals surface area (Å²) in [5.74, 6) is 0.400. The second-order valence-corrected chi connectivity index (χ2v) is 11.7. The van der Waals surface area contributed by atoms with Gasteiger partial charge in [0.25, 0.3) is 5.91 Å². The number of aromatic nitrogens is 1. The summed E-state index contributed by atoms with van der Waals surface area (Å²) in [6, 6.07) is 4.98. The fourth-order valence-electron chi connectivity index (χ4n) is 4.09. The first-order valence-corrected chi connectivity index (χ1v) is 12.8. The smallest absolute Gasteiger partial charge is 0.263 e. The molecule has 1 aromatic heterocycles. The third-order valence-corrected chi connectivity index (χ3v) is 8.65. The fraction of sp³-hybridized carbons (Fsp3) is 0.476. The second kappa shape index (κ2) is 7.11. The number of hydrogen-bond acceptors (Lipinski definition) is 7. The zero-order chi connectivity index (χ0) is 22.0. The Labute approximate surface area is 186 Å². The fourth-order valence-corrected chi connectivity index (χ4v) is 6.36. The molecule has 1 atom stereocenters. The molecule has 1 aromatic carbocycles. The predicted molar refractivity (Wildman–Crippen MR) is 120 cm³/mol. The Morgan fingerprint density at radius 3 is 2.74 bits per heavy atom. The molecule has 3 aliphatic rings. The molecule has 0 radical (unpaired) electrons. The Morgan fingerprint density at radius 2 is 2.10 bits per heavy atom. The van der Waals surface area contributed by atoms with E-state index in [9.17, 15) is 13.2 Å². The molecule has 31 heavy (non-hydrogen) atoms. The van der Waals surface area contributed by atoms with E-state index in [0.29, 0.717) is 24.6 Å². The standard InChI is InChI=1S/C21H25N5O3S2/c1-4-14-10-23-20-25(12-15-11-22-13(2)30-15)19(27)17-9-16(5-6-18(17)26(14)20)31(28,29)24-21(3)7-8-21/h5-6,9,11,14,24H,4,7-8,10,12H2,1-3H3/t14-/m1/s1. The normalized spacial score (nSPS) is 21.7. The first-order valence-electron chi connectivity index (χ1n) is 10.5. The molecule has 0 unspecified atom stereocenters. The number of anilines is 1. The van der Waals surface area contributed by atoms with Gasteiger partial charge in [-0.05, 0) is 51.3 Å². The molecular formula is C21H25N5O3S2. The summed E-state index contributed by atoms with van der Waals surface area (Å²) in [7, 11) is -3.70. The number of thiazole rings is 1. The number of guanidine groups is 1. The van der Waals surface area contributed by atoms with Crippen LogP contribution in [0.1, 0.15) is 53.4 Å². The maximum Gasteiger partial charge on any atom is 0.263 e. The number of carbonyl (C=O) groups excluding carboxylic acids is 1. The van der Waals surface area contributed by atoms with E-state index in [2.05, 4.69) is 26.5 Å². The minimum absolute atomic E-state index is 0.119. The molecule has 0 bridgehead atoms. The lowest BCUT2D eigenvalue weighted by Crippen LogP contribution is -2.52. The number of amides is 1. The van der Waals surface area contributed by atoms with Crippen LogP contribution >= 0.6 is 11.3 Å². The van der Waals surface area contributed by atoms with Crippen molar-refractivity contribution in [3.63, 3.8) is 0 Å². The number of hydrogen-bond donors (Lipinski definition) is 1. The number of nitrogens with one attached hydrogen (secondary N) is 1. The zero-order valence-corrected chi connectivity index (χ0v) is 19.4. The number of nitrogens with zero attached hydrogens (tertiary/aromatic N) is 4. The van der Waals surface area contributed by atoms with Gasteiger partial charge in [-0.2, -0.15) is 0 Å². The lowest BCUT2D eigenvalue weighted by molar-refractivity contribution is 0.0833. The van der Waals surface area contributed by atoms with Gasteiger partial charge in [-0.15, -0.1) is 11.3 Å². The van der Waals surface area contributed by atoms with Crippen molar-refractivity contribution in [1.82, 2.24) is 14.6 Å². The van der Waals surface area contributed by atoms with E-state index >= 15 is 0 Å². The SMILES string of the molecule is CC[C@@H]1CN=C2N(Cc3cnc(C)s3)C(=O)c3cc(S(=O)(=O)NC4(C)CC4)ccc3N21. The molecule has 1 saturated carbocycles. The van der Waals surface area contributed by atoms with Crippen molar-refractivity contribution >= 4 is 38.9 Å². The summed E-state index contributed by atoms with van der Waals surface area (Å²) in [5, 5.41) is 0.935. The summed E-state index contributed by atoms with van der Waals surface area (Å²) in [6.45, 7) is 6.89. The number of sulfonamides is 1. The third kappa shape index (κ3) is 3.56. The van der Waals surface area contributed by atoms with Gasteiger partial charge in [0.05, 0.1) is 40.3 Å². The van der Waals surface area contributed by atoms with Gasteiger partial charge in [0.15, 0.2) is 0 Å². The number of benzene rings is 1. The molecule has 3 heterocycles. The van der Waals surface area contributed by atoms with Crippen molar-refractivity contribution in [1.29, 1.82) is 0 Å². The monoisotopic (exact) mass is 459 g/mol. The Morgan fingerprint density at radius 1 is 1.32 bits per heavy atom. The van der Waals surface area contributed by atoms with E-state index < -0.39 is 10.0 Å². The van der Waals surface area contributed by atoms with Crippen LogP contribution in [-0.4, -0.2) is 48.3 Å². The second-order valence-electron chi connectivity index (χ2n) is 8.65. The van der Waals surface area contributed by atoms with Gasteiger partial charge in [0.2, 0.25) is 16.0 Å². The van der Waals surface area contributed by atoms with Gasteiger partial charge < -0.3 is 4.90 Å². The molecule has 1 fully saturated rings. The molecule has 0 saturated heterocycles. The van der Waals surface area contributed by atoms with E-state index in [-0.39, 0.29) is 22.4 Å². The van der Waals surface area contributed by atoms with Gasteiger partial charge in [-0.3, -0.25) is 14.7 Å². The predicted octanol–water partition coefficient (Wildman–Crippen LogP) is 2.89. The number of carbonyl (C=O) groups is 1. The summed E-state index contributed by atoms with van der Waals surface area (Å²) >= 11 is 1.54. The molecule has 10 heteroatoms. The van der Waals surface area contributed by atoms with Crippen LogP contribution in [0.25, 0.3) is 0 Å². The van der Waals surface area contributed by atoms with Crippen LogP contribution in [0.4, 0.5) is 5.69 Å². The van der Waals surface area contributed by atoms with Crippen molar-refractivity contribution < 1.29 is 13.2 Å². The van der Waals surface area contributed by atoms with Crippen molar-refractivity contribution in [2.45, 2.75) is 63.1 Å². The third-order valence-electron chi connectivity index (χ3n) is 6.11. The molecular weight excluding hydrogens is 434 g/mol. The van der Waals surface area contributed by atoms with E-state index in [1.165, 1.54) is 6.07 Å². The summed E-state index contributed by atoms with van der Waals surface area (Å²) in [4.78, 5) is 27.3. The highest BCUT2D eigenvalue weighted by molar-refractivity contribution is 7.89. The van der Waals surface area contributed by atoms with Gasteiger partial charge in [-0.1, -0.05) is 6.92 Å². The quantitative estimate of drug-likeness (QED) is 0.717. The Balaban J connectivity index is 1.56. The average molecular weight is 460 g/mol. The summed E-state index contributed by atoms with van der Waals surface area (Å²) < 4.78 is 28.6. The van der Waals surface area contributed by atoms with E-state index in [4.69, 9.17) is 0 Å². The van der Waals surface area contributed by atoms with Crippen molar-refractivity contribution in [3.05, 3.63) is 39.8 Å². The highest BCUT2D eigenvalue weighted by atomic mass is 32.2. The van der Waals surface area contributed by atoms with E-state index in [1.54, 1.807) is 34.6 Å². The largest absolute Gasteiger partial charge is 0.306 e. The average Bonchev–Trinajstić information content (AvgIpc) is 3.12. The summed E-state index contributed by atoms with van der Waals surface area (Å²) in [5.41, 5.74) is 0.738. The van der Waals surface area contributed by atoms with E-state index in [0.717, 1.165) is 34.8 Å². The van der Waals surface area contributed by atoms with Crippen LogP contribution in [0.15, 0.2) is 34.3 Å². The minimum Gasteiger partial charge on any atom is -0.306 e. The van der Waals surface area contributed by atoms with Gasteiger partial charge in [0.1, 0.15) is 0 Å². The number of aliphatic imine (C=N–C) groups is 1. The first-order chi connectivity index (χ1) is 14.7. The zero-order valence-electron chi connectivity index (χ0n) is 17.8. The molecule has 8 nitrogen and oxygen atoms in total. The summed E-state index contributed by atoms with van der Waals surface area (Å²) in [6.07, 6.45) is 4.29. The van der Waals surface area contributed by atoms with E-state index in [1.807, 2.05) is 13.8 Å². The van der Waals surface area contributed by atoms with Crippen LogP contribution < -0.4 is 9.62 Å². The molecule has 164 valence electrons. The van der Waals surface area contributed by atoms with Crippen LogP contribution in [-0.2, 0) is 16.6 Å². The number of rotatable bonds is 6. The first kappa shape index (κ1) is 20.6. The molecule has 2 aliphatic heterocycles. The topological polar surface area (TPSA) is 95.0 Å². The maximum atomic E-state index is 13.5. The lowest BCUT2D eigenvalue weighted by Gasteiger charge is -2.38. The highest BCUT2D eigenvalue weighted by Gasteiger charge is 2.44. The van der Waals surface area contributed by atoms with Gasteiger partial charge >= 0.3 is 0 Å². The molecule has 0 spiro atoms. The number of fused-ring (bicyclic) bond motifs is 3. The lowest BCUT2D eigenvalue weighted by atomic mass is 10.1. The molecule has 5 rings (SSSR count). The van der Waals surface area contributed by atoms with Crippen LogP contribution in [0.5, 0.6) is 0 Å². The molecule has 1 aliphatic carbocycles. The highest BCUT2D eigenvalue weighted by Crippen LogP contribution is 2.38. The maximum absolute atomic E-state index is 13.5. The number of aryl methyl sites for hydroxylation is 1. The Kier molecular flexibility index (Phi) is 4.72. The van der Waals surface area contributed by atoms with Gasteiger partial charge in [-0.25, -0.2) is 18.1 Å². The van der Waals surface area contributed by atoms with Crippen molar-refractivity contribution in [2.75, 3.05) is 11.4 Å². The Hall–Kier alpha value is -2.30. The van der Waals surface area contributed by atoms with Crippen LogP contribution in [0.3, 0.4) is 0 Å². The molecule has 1 amide bonds. The Bertz CT molecular complexity index is 1200. The van der Waals surface area contributed by atoms with Crippen LogP contribution in [0.2, 0.25) is 0 Å².